The van der Waals surface area contributed by atoms with Gasteiger partial charge in [0, 0.05) is 47.9 Å². The van der Waals surface area contributed by atoms with E-state index < -0.39 is 11.3 Å². The van der Waals surface area contributed by atoms with Crippen LogP contribution in [0.3, 0.4) is 0 Å². The number of nitrogens with zero attached hydrogens (tertiary/aromatic N) is 4. The smallest absolute Gasteiger partial charge is 0.316 e. The van der Waals surface area contributed by atoms with E-state index in [1.54, 1.807) is 30.5 Å². The first-order chi connectivity index (χ1) is 13.9. The Hall–Kier alpha value is -1.94. The third-order valence-electron chi connectivity index (χ3n) is 5.43. The molecule has 1 unspecified atom stereocenters. The van der Waals surface area contributed by atoms with Crippen molar-refractivity contribution in [1.82, 2.24) is 14.1 Å². The van der Waals surface area contributed by atoms with Crippen molar-refractivity contribution in [2.24, 2.45) is 5.41 Å². The molecule has 2 aromatic rings. The molecule has 2 heterocycles. The molecule has 0 N–H and O–H groups in total. The number of piperazine rings is 1. The topological polar surface area (TPSA) is 90.7 Å². The highest BCUT2D eigenvalue weighted by atomic mass is 35.5. The van der Waals surface area contributed by atoms with Crippen LogP contribution in [0.4, 0.5) is 5.69 Å². The molecule has 1 aliphatic carbocycles. The van der Waals surface area contributed by atoms with Crippen molar-refractivity contribution in [1.29, 1.82) is 0 Å². The van der Waals surface area contributed by atoms with Gasteiger partial charge >= 0.3 is 5.56 Å². The van der Waals surface area contributed by atoms with Crippen molar-refractivity contribution in [3.8, 4) is 11.4 Å². The molecule has 1 aliphatic heterocycles. The summed E-state index contributed by atoms with van der Waals surface area (Å²) < 4.78 is 31.0. The predicted octanol–water partition coefficient (Wildman–Crippen LogP) is 1.98. The maximum atomic E-state index is 13.3. The lowest BCUT2D eigenvalue weighted by Gasteiger charge is -2.36. The van der Waals surface area contributed by atoms with E-state index in [2.05, 4.69) is 12.0 Å². The molecule has 156 valence electrons. The van der Waals surface area contributed by atoms with Gasteiger partial charge in [0.15, 0.2) is 0 Å². The minimum Gasteiger partial charge on any atom is -0.760 e. The lowest BCUT2D eigenvalue weighted by molar-refractivity contribution is 0.242. The zero-order chi connectivity index (χ0) is 20.6. The highest BCUT2D eigenvalue weighted by Gasteiger charge is 2.39. The van der Waals surface area contributed by atoms with Crippen molar-refractivity contribution in [2.45, 2.75) is 19.8 Å². The molecule has 0 amide bonds. The Morgan fingerprint density at radius 2 is 2.00 bits per heavy atom. The minimum atomic E-state index is -2.24. The summed E-state index contributed by atoms with van der Waals surface area (Å²) in [6.07, 6.45) is 3.75. The number of aromatic nitrogens is 2. The normalized spacial score (nSPS) is 19.8. The second-order valence-electron chi connectivity index (χ2n) is 7.79. The second kappa shape index (κ2) is 8.06. The fraction of sp³-hybridized carbons (Fsp3) is 0.474. The first kappa shape index (κ1) is 20.3. The first-order valence-corrected chi connectivity index (χ1v) is 10.9. The largest absolute Gasteiger partial charge is 0.760 e. The van der Waals surface area contributed by atoms with Crippen LogP contribution in [-0.2, 0) is 11.3 Å². The van der Waals surface area contributed by atoms with Crippen LogP contribution in [0.5, 0.6) is 5.75 Å². The molecule has 1 aromatic carbocycles. The van der Waals surface area contributed by atoms with Gasteiger partial charge in [-0.05, 0) is 31.0 Å². The van der Waals surface area contributed by atoms with Crippen LogP contribution < -0.4 is 15.2 Å². The van der Waals surface area contributed by atoms with Crippen molar-refractivity contribution in [2.75, 3.05) is 37.7 Å². The van der Waals surface area contributed by atoms with E-state index in [9.17, 15) is 13.6 Å². The molecule has 8 nitrogen and oxygen atoms in total. The summed E-state index contributed by atoms with van der Waals surface area (Å²) in [5, 5.41) is 4.84. The number of benzene rings is 1. The summed E-state index contributed by atoms with van der Waals surface area (Å²) in [5.41, 5.74) is 0.896. The molecule has 1 saturated carbocycles. The number of halogens is 1. The van der Waals surface area contributed by atoms with Crippen molar-refractivity contribution >= 4 is 28.6 Å². The quantitative estimate of drug-likeness (QED) is 0.642. The summed E-state index contributed by atoms with van der Waals surface area (Å²) in [5.74, 6) is 0.241. The van der Waals surface area contributed by atoms with E-state index in [1.807, 2.05) is 4.90 Å². The highest BCUT2D eigenvalue weighted by Crippen LogP contribution is 2.45. The van der Waals surface area contributed by atoms with Gasteiger partial charge in [-0.3, -0.25) is 9.00 Å². The van der Waals surface area contributed by atoms with E-state index in [0.717, 1.165) is 12.8 Å². The molecule has 1 atom stereocenters. The Kier molecular flexibility index (Phi) is 5.65. The molecular weight excluding hydrogens is 416 g/mol. The van der Waals surface area contributed by atoms with E-state index in [0.29, 0.717) is 49.2 Å². The van der Waals surface area contributed by atoms with Gasteiger partial charge in [0.05, 0.1) is 18.5 Å². The average molecular weight is 438 g/mol. The SMILES string of the molecule is CC1(COc2c(N3CCN(S(=O)[O-])CC3)cnn(-c3cccc(Cl)c3)c2=O)CC1. The van der Waals surface area contributed by atoms with Gasteiger partial charge in [0.2, 0.25) is 5.75 Å². The number of hydrogen-bond acceptors (Lipinski definition) is 6. The van der Waals surface area contributed by atoms with Gasteiger partial charge in [0.25, 0.3) is 0 Å². The van der Waals surface area contributed by atoms with Gasteiger partial charge in [-0.15, -0.1) is 0 Å². The van der Waals surface area contributed by atoms with Crippen LogP contribution >= 0.6 is 11.6 Å². The first-order valence-electron chi connectivity index (χ1n) is 9.47. The second-order valence-corrected chi connectivity index (χ2v) is 9.18. The van der Waals surface area contributed by atoms with E-state index in [-0.39, 0.29) is 16.7 Å². The molecule has 1 aromatic heterocycles. The van der Waals surface area contributed by atoms with Gasteiger partial charge in [-0.25, -0.2) is 4.31 Å². The lowest BCUT2D eigenvalue weighted by atomic mass is 10.2. The fourth-order valence-electron chi connectivity index (χ4n) is 3.26. The molecule has 4 rings (SSSR count). The number of hydrogen-bond donors (Lipinski definition) is 0. The monoisotopic (exact) mass is 437 g/mol. The molecule has 2 fully saturated rings. The third-order valence-corrected chi connectivity index (χ3v) is 6.45. The van der Waals surface area contributed by atoms with E-state index in [4.69, 9.17) is 16.3 Å². The van der Waals surface area contributed by atoms with Crippen LogP contribution in [0.15, 0.2) is 35.3 Å². The van der Waals surface area contributed by atoms with E-state index >= 15 is 0 Å². The zero-order valence-corrected chi connectivity index (χ0v) is 17.6. The maximum Gasteiger partial charge on any atom is 0.316 e. The Balaban J connectivity index is 1.68. The van der Waals surface area contributed by atoms with Crippen LogP contribution in [0.2, 0.25) is 5.02 Å². The number of anilines is 1. The standard InChI is InChI=1S/C19H23ClN4O4S/c1-19(5-6-19)13-28-17-16(22-7-9-23(10-8-22)29(26)27)12-21-24(18(17)25)15-4-2-3-14(20)11-15/h2-4,11-12H,5-10,13H2,1H3,(H,26,27)/p-1. The van der Waals surface area contributed by atoms with Crippen molar-refractivity contribution < 1.29 is 13.5 Å². The lowest BCUT2D eigenvalue weighted by Crippen LogP contribution is -2.47. The third kappa shape index (κ3) is 4.48. The molecular formula is C19H22ClN4O4S-. The van der Waals surface area contributed by atoms with Gasteiger partial charge in [-0.2, -0.15) is 9.78 Å². The molecule has 29 heavy (non-hydrogen) atoms. The zero-order valence-electron chi connectivity index (χ0n) is 16.0. The fourth-order valence-corrected chi connectivity index (χ4v) is 3.91. The van der Waals surface area contributed by atoms with Crippen LogP contribution in [0.25, 0.3) is 5.69 Å². The summed E-state index contributed by atoms with van der Waals surface area (Å²) in [7, 11) is 0. The molecule has 0 bridgehead atoms. The molecule has 10 heteroatoms. The number of ether oxygens (including phenoxy) is 1. The Labute approximate surface area is 176 Å². The maximum absolute atomic E-state index is 13.3. The summed E-state index contributed by atoms with van der Waals surface area (Å²) >= 11 is 3.83. The molecule has 0 spiro atoms. The van der Waals surface area contributed by atoms with Crippen LogP contribution in [0, 0.1) is 5.41 Å². The van der Waals surface area contributed by atoms with Gasteiger partial charge in [0.1, 0.15) is 5.69 Å². The highest BCUT2D eigenvalue weighted by molar-refractivity contribution is 7.76. The summed E-state index contributed by atoms with van der Waals surface area (Å²) in [6, 6.07) is 6.92. The van der Waals surface area contributed by atoms with Crippen molar-refractivity contribution in [3.63, 3.8) is 0 Å². The predicted molar refractivity (Wildman–Crippen MR) is 110 cm³/mol. The summed E-state index contributed by atoms with van der Waals surface area (Å²) in [4.78, 5) is 15.2. The molecule has 0 radical (unpaired) electrons. The Bertz CT molecular complexity index is 986. The van der Waals surface area contributed by atoms with Crippen molar-refractivity contribution in [3.05, 3.63) is 45.8 Å². The Morgan fingerprint density at radius 1 is 1.28 bits per heavy atom. The summed E-state index contributed by atoms with van der Waals surface area (Å²) in [6.45, 7) is 4.22. The molecule has 2 aliphatic rings. The van der Waals surface area contributed by atoms with Gasteiger partial charge in [-0.1, -0.05) is 24.6 Å². The average Bonchev–Trinajstić information content (AvgIpc) is 3.44. The van der Waals surface area contributed by atoms with Crippen LogP contribution in [-0.4, -0.2) is 55.6 Å². The van der Waals surface area contributed by atoms with Gasteiger partial charge < -0.3 is 14.2 Å². The van der Waals surface area contributed by atoms with Crippen LogP contribution in [0.1, 0.15) is 19.8 Å². The minimum absolute atomic E-state index is 0.103. The van der Waals surface area contributed by atoms with E-state index in [1.165, 1.54) is 8.99 Å². The Morgan fingerprint density at radius 3 is 2.62 bits per heavy atom. The number of rotatable bonds is 6. The molecule has 1 saturated heterocycles.